The van der Waals surface area contributed by atoms with Gasteiger partial charge in [-0.05, 0) is 42.8 Å². The second kappa shape index (κ2) is 9.57. The molecule has 0 radical (unpaired) electrons. The van der Waals surface area contributed by atoms with E-state index in [1.165, 1.54) is 0 Å². The lowest BCUT2D eigenvalue weighted by Gasteiger charge is -2.07. The summed E-state index contributed by atoms with van der Waals surface area (Å²) in [5.74, 6) is 0.906. The van der Waals surface area contributed by atoms with Crippen molar-refractivity contribution in [1.29, 1.82) is 0 Å². The molecule has 0 saturated heterocycles. The molecule has 5 nitrogen and oxygen atoms in total. The smallest absolute Gasteiger partial charge is 0.356 e. The van der Waals surface area contributed by atoms with Gasteiger partial charge >= 0.3 is 5.97 Å². The normalized spacial score (nSPS) is 10.1. The lowest BCUT2D eigenvalue weighted by molar-refractivity contribution is 0.0519. The fraction of sp³-hybridized carbons (Fsp3) is 0.222. The minimum Gasteiger partial charge on any atom is -0.493 e. The van der Waals surface area contributed by atoms with E-state index in [-0.39, 0.29) is 12.4 Å². The highest BCUT2D eigenvalue weighted by Crippen LogP contribution is 2.28. The molecule has 0 amide bonds. The van der Waals surface area contributed by atoms with E-state index < -0.39 is 5.97 Å². The Hall–Kier alpha value is -2.53. The molecule has 0 unspecified atom stereocenters. The number of nitrogens with zero attached hydrogens (tertiary/aromatic N) is 1. The fourth-order valence-corrected chi connectivity index (χ4v) is 2.00. The van der Waals surface area contributed by atoms with Gasteiger partial charge in [0.25, 0.3) is 0 Å². The molecular formula is C18H20ClNO4. The van der Waals surface area contributed by atoms with Crippen molar-refractivity contribution in [2.75, 3.05) is 20.8 Å². The van der Waals surface area contributed by atoms with Crippen molar-refractivity contribution in [2.24, 2.45) is 0 Å². The molecule has 0 bridgehead atoms. The van der Waals surface area contributed by atoms with Gasteiger partial charge in [-0.2, -0.15) is 0 Å². The zero-order valence-electron chi connectivity index (χ0n) is 13.8. The molecule has 0 aliphatic carbocycles. The van der Waals surface area contributed by atoms with Crippen LogP contribution in [0.25, 0.3) is 12.2 Å². The van der Waals surface area contributed by atoms with Crippen molar-refractivity contribution in [3.05, 3.63) is 53.3 Å². The Labute approximate surface area is 147 Å². The molecule has 128 valence electrons. The first-order chi connectivity index (χ1) is 11.2. The summed E-state index contributed by atoms with van der Waals surface area (Å²) in [5.41, 5.74) is 1.90. The van der Waals surface area contributed by atoms with E-state index in [1.54, 1.807) is 33.3 Å². The monoisotopic (exact) mass is 349 g/mol. The first-order valence-corrected chi connectivity index (χ1v) is 7.22. The van der Waals surface area contributed by atoms with Gasteiger partial charge in [0.2, 0.25) is 0 Å². The number of hydrogen-bond donors (Lipinski definition) is 0. The van der Waals surface area contributed by atoms with Gasteiger partial charge < -0.3 is 14.2 Å². The highest BCUT2D eigenvalue weighted by atomic mass is 35.5. The van der Waals surface area contributed by atoms with Crippen LogP contribution >= 0.6 is 12.4 Å². The number of methoxy groups -OCH3 is 2. The lowest BCUT2D eigenvalue weighted by Crippen LogP contribution is -2.07. The largest absolute Gasteiger partial charge is 0.493 e. The van der Waals surface area contributed by atoms with Gasteiger partial charge in [0.1, 0.15) is 5.69 Å². The first kappa shape index (κ1) is 19.5. The standard InChI is InChI=1S/C18H19NO4.ClH/c1-4-23-18(20)15-7-5-6-14(19-15)10-8-13-9-11-16(21-2)17(12-13)22-3;/h5-12H,4H2,1-3H3;1H/b10-8+;. The number of carbonyl (C=O) groups is 1. The van der Waals surface area contributed by atoms with Crippen LogP contribution in [0.15, 0.2) is 36.4 Å². The predicted octanol–water partition coefficient (Wildman–Crippen LogP) is 3.87. The Bertz CT molecular complexity index is 716. The molecule has 24 heavy (non-hydrogen) atoms. The van der Waals surface area contributed by atoms with Crippen LogP contribution in [0.4, 0.5) is 0 Å². The molecule has 2 rings (SSSR count). The average Bonchev–Trinajstić information content (AvgIpc) is 2.60. The van der Waals surface area contributed by atoms with Crippen LogP contribution in [-0.2, 0) is 4.74 Å². The van der Waals surface area contributed by atoms with E-state index in [9.17, 15) is 4.79 Å². The number of esters is 1. The Balaban J connectivity index is 0.00000288. The van der Waals surface area contributed by atoms with Crippen LogP contribution in [-0.4, -0.2) is 31.8 Å². The van der Waals surface area contributed by atoms with Gasteiger partial charge in [0, 0.05) is 0 Å². The van der Waals surface area contributed by atoms with E-state index in [4.69, 9.17) is 14.2 Å². The van der Waals surface area contributed by atoms with Crippen LogP contribution < -0.4 is 9.47 Å². The zero-order chi connectivity index (χ0) is 16.7. The maximum Gasteiger partial charge on any atom is 0.356 e. The summed E-state index contributed by atoms with van der Waals surface area (Å²) < 4.78 is 15.4. The van der Waals surface area contributed by atoms with Gasteiger partial charge in [0.15, 0.2) is 11.5 Å². The number of rotatable bonds is 6. The number of carbonyl (C=O) groups excluding carboxylic acids is 1. The van der Waals surface area contributed by atoms with Crippen molar-refractivity contribution in [3.8, 4) is 11.5 Å². The van der Waals surface area contributed by atoms with Gasteiger partial charge in [-0.25, -0.2) is 9.78 Å². The molecule has 0 saturated carbocycles. The molecule has 0 N–H and O–H groups in total. The van der Waals surface area contributed by atoms with Crippen LogP contribution in [0.5, 0.6) is 11.5 Å². The summed E-state index contributed by atoms with van der Waals surface area (Å²) in [4.78, 5) is 16.0. The Morgan fingerprint density at radius 2 is 1.83 bits per heavy atom. The number of pyridine rings is 1. The third-order valence-electron chi connectivity index (χ3n) is 3.11. The SMILES string of the molecule is CCOC(=O)c1cccc(/C=C/c2ccc(OC)c(OC)c2)n1.Cl. The van der Waals surface area contributed by atoms with Crippen LogP contribution in [0.2, 0.25) is 0 Å². The quantitative estimate of drug-likeness (QED) is 0.741. The molecular weight excluding hydrogens is 330 g/mol. The van der Waals surface area contributed by atoms with Crippen molar-refractivity contribution in [2.45, 2.75) is 6.92 Å². The predicted molar refractivity (Wildman–Crippen MR) is 95.9 cm³/mol. The summed E-state index contributed by atoms with van der Waals surface area (Å²) in [6, 6.07) is 10.8. The fourth-order valence-electron chi connectivity index (χ4n) is 2.00. The van der Waals surface area contributed by atoms with Crippen LogP contribution in [0.1, 0.15) is 28.7 Å². The Morgan fingerprint density at radius 1 is 1.08 bits per heavy atom. The summed E-state index contributed by atoms with van der Waals surface area (Å²) in [6.45, 7) is 2.09. The highest BCUT2D eigenvalue weighted by molar-refractivity contribution is 5.87. The van der Waals surface area contributed by atoms with Gasteiger partial charge in [-0.15, -0.1) is 12.4 Å². The van der Waals surface area contributed by atoms with E-state index in [0.29, 0.717) is 29.5 Å². The molecule has 0 spiro atoms. The third kappa shape index (κ3) is 4.99. The van der Waals surface area contributed by atoms with Gasteiger partial charge in [-0.3, -0.25) is 0 Å². The maximum absolute atomic E-state index is 11.7. The lowest BCUT2D eigenvalue weighted by atomic mass is 10.1. The van der Waals surface area contributed by atoms with E-state index >= 15 is 0 Å². The summed E-state index contributed by atoms with van der Waals surface area (Å²) in [7, 11) is 3.19. The first-order valence-electron chi connectivity index (χ1n) is 7.22. The minimum atomic E-state index is -0.422. The van der Waals surface area contributed by atoms with Crippen molar-refractivity contribution in [3.63, 3.8) is 0 Å². The maximum atomic E-state index is 11.7. The average molecular weight is 350 g/mol. The second-order valence-corrected chi connectivity index (χ2v) is 4.62. The van der Waals surface area contributed by atoms with Crippen molar-refractivity contribution < 1.29 is 19.0 Å². The molecule has 1 aromatic heterocycles. The topological polar surface area (TPSA) is 57.7 Å². The van der Waals surface area contributed by atoms with Crippen LogP contribution in [0.3, 0.4) is 0 Å². The highest BCUT2D eigenvalue weighted by Gasteiger charge is 2.07. The van der Waals surface area contributed by atoms with Gasteiger partial charge in [0.05, 0.1) is 26.5 Å². The molecule has 1 aromatic carbocycles. The molecule has 0 aliphatic heterocycles. The van der Waals surface area contributed by atoms with E-state index in [2.05, 4.69) is 4.98 Å². The number of ether oxygens (including phenoxy) is 3. The Kier molecular flexibility index (Phi) is 7.79. The molecule has 0 fully saturated rings. The van der Waals surface area contributed by atoms with Crippen LogP contribution in [0, 0.1) is 0 Å². The molecule has 2 aromatic rings. The third-order valence-corrected chi connectivity index (χ3v) is 3.11. The zero-order valence-corrected chi connectivity index (χ0v) is 14.6. The number of hydrogen-bond acceptors (Lipinski definition) is 5. The molecule has 0 atom stereocenters. The van der Waals surface area contributed by atoms with Crippen molar-refractivity contribution in [1.82, 2.24) is 4.98 Å². The van der Waals surface area contributed by atoms with Crippen molar-refractivity contribution >= 4 is 30.5 Å². The number of benzene rings is 1. The number of aromatic nitrogens is 1. The molecule has 1 heterocycles. The molecule has 6 heteroatoms. The second-order valence-electron chi connectivity index (χ2n) is 4.62. The summed E-state index contributed by atoms with van der Waals surface area (Å²) >= 11 is 0. The minimum absolute atomic E-state index is 0. The summed E-state index contributed by atoms with van der Waals surface area (Å²) in [5, 5.41) is 0. The van der Waals surface area contributed by atoms with E-state index in [0.717, 1.165) is 5.56 Å². The molecule has 0 aliphatic rings. The summed E-state index contributed by atoms with van der Waals surface area (Å²) in [6.07, 6.45) is 3.71. The van der Waals surface area contributed by atoms with E-state index in [1.807, 2.05) is 36.4 Å². The Morgan fingerprint density at radius 3 is 2.50 bits per heavy atom. The number of halogens is 1. The van der Waals surface area contributed by atoms with Gasteiger partial charge in [-0.1, -0.05) is 18.2 Å².